The van der Waals surface area contributed by atoms with E-state index >= 15 is 0 Å². The molecule has 0 fully saturated rings. The summed E-state index contributed by atoms with van der Waals surface area (Å²) in [5, 5.41) is 2.77. The maximum atomic E-state index is 12.7. The molecule has 28 heavy (non-hydrogen) atoms. The molecule has 0 atom stereocenters. The van der Waals surface area contributed by atoms with E-state index in [9.17, 15) is 14.4 Å². The van der Waals surface area contributed by atoms with Gasteiger partial charge in [0.15, 0.2) is 0 Å². The second-order valence-electron chi connectivity index (χ2n) is 6.45. The quantitative estimate of drug-likeness (QED) is 0.840. The molecule has 2 aromatic carbocycles. The van der Waals surface area contributed by atoms with Gasteiger partial charge in [-0.2, -0.15) is 0 Å². The van der Waals surface area contributed by atoms with Gasteiger partial charge in [-0.15, -0.1) is 0 Å². The third-order valence-corrected chi connectivity index (χ3v) is 4.82. The topological polar surface area (TPSA) is 69.7 Å². The van der Waals surface area contributed by atoms with Gasteiger partial charge in [-0.3, -0.25) is 19.3 Å². The summed E-state index contributed by atoms with van der Waals surface area (Å²) in [5.41, 5.74) is 2.63. The van der Waals surface area contributed by atoms with E-state index in [4.69, 9.17) is 0 Å². The van der Waals surface area contributed by atoms with E-state index in [0.717, 1.165) is 5.56 Å². The second kappa shape index (κ2) is 8.08. The highest BCUT2D eigenvalue weighted by atomic mass is 16.2. The average molecular weight is 377 g/mol. The van der Waals surface area contributed by atoms with Crippen LogP contribution in [0.4, 0.5) is 5.69 Å². The Balaban J connectivity index is 1.76. The van der Waals surface area contributed by atoms with E-state index in [-0.39, 0.29) is 24.3 Å². The summed E-state index contributed by atoms with van der Waals surface area (Å²) in [6, 6.07) is 14.0. The van der Waals surface area contributed by atoms with E-state index in [0.29, 0.717) is 35.6 Å². The number of hydrogen-bond donors (Lipinski definition) is 1. The zero-order chi connectivity index (χ0) is 20.3. The molecule has 6 nitrogen and oxygen atoms in total. The SMILES string of the molecule is C=C1c2ccccc2C(=O)N1CC(=O)Nc1ccccc1C(=O)N(CC)CC. The molecule has 3 rings (SSSR count). The van der Waals surface area contributed by atoms with Crippen LogP contribution in [0.1, 0.15) is 40.1 Å². The number of rotatable bonds is 6. The Hall–Kier alpha value is -3.41. The van der Waals surface area contributed by atoms with Crippen molar-refractivity contribution in [3.8, 4) is 0 Å². The van der Waals surface area contributed by atoms with Gasteiger partial charge in [0, 0.05) is 29.9 Å². The third kappa shape index (κ3) is 3.53. The first-order valence-electron chi connectivity index (χ1n) is 9.26. The van der Waals surface area contributed by atoms with Gasteiger partial charge >= 0.3 is 0 Å². The van der Waals surface area contributed by atoms with Crippen molar-refractivity contribution < 1.29 is 14.4 Å². The van der Waals surface area contributed by atoms with Gasteiger partial charge in [-0.25, -0.2) is 0 Å². The van der Waals surface area contributed by atoms with Crippen LogP contribution in [0.3, 0.4) is 0 Å². The minimum atomic E-state index is -0.387. The van der Waals surface area contributed by atoms with Crippen LogP contribution in [0.15, 0.2) is 55.1 Å². The molecule has 1 aliphatic rings. The lowest BCUT2D eigenvalue weighted by molar-refractivity contribution is -0.116. The van der Waals surface area contributed by atoms with Crippen LogP contribution in [0, 0.1) is 0 Å². The number of carbonyl (C=O) groups excluding carboxylic acids is 3. The number of nitrogens with one attached hydrogen (secondary N) is 1. The summed E-state index contributed by atoms with van der Waals surface area (Å²) in [4.78, 5) is 40.9. The normalized spacial score (nSPS) is 12.7. The molecule has 0 spiro atoms. The van der Waals surface area contributed by atoms with Gasteiger partial charge < -0.3 is 10.2 Å². The van der Waals surface area contributed by atoms with Crippen molar-refractivity contribution in [2.24, 2.45) is 0 Å². The van der Waals surface area contributed by atoms with Crippen molar-refractivity contribution in [1.82, 2.24) is 9.80 Å². The first-order chi connectivity index (χ1) is 13.5. The van der Waals surface area contributed by atoms with Crippen molar-refractivity contribution in [2.75, 3.05) is 25.0 Å². The molecule has 0 radical (unpaired) electrons. The number of nitrogens with zero attached hydrogens (tertiary/aromatic N) is 2. The van der Waals surface area contributed by atoms with Gasteiger partial charge in [0.25, 0.3) is 11.8 Å². The van der Waals surface area contributed by atoms with Gasteiger partial charge in [-0.05, 0) is 32.0 Å². The Morgan fingerprint density at radius 2 is 1.61 bits per heavy atom. The lowest BCUT2D eigenvalue weighted by Gasteiger charge is -2.21. The first kappa shape index (κ1) is 19.4. The molecule has 2 aromatic rings. The monoisotopic (exact) mass is 377 g/mol. The van der Waals surface area contributed by atoms with Gasteiger partial charge in [0.2, 0.25) is 5.91 Å². The van der Waals surface area contributed by atoms with Crippen LogP contribution in [-0.2, 0) is 4.79 Å². The lowest BCUT2D eigenvalue weighted by Crippen LogP contribution is -2.34. The predicted octanol–water partition coefficient (Wildman–Crippen LogP) is 3.23. The Bertz CT molecular complexity index is 913. The first-order valence-corrected chi connectivity index (χ1v) is 9.26. The number of hydrogen-bond acceptors (Lipinski definition) is 3. The number of fused-ring (bicyclic) bond motifs is 1. The maximum Gasteiger partial charge on any atom is 0.259 e. The molecule has 6 heteroatoms. The number of benzene rings is 2. The third-order valence-electron chi connectivity index (χ3n) is 4.82. The molecular weight excluding hydrogens is 354 g/mol. The van der Waals surface area contributed by atoms with Gasteiger partial charge in [0.1, 0.15) is 6.54 Å². The number of para-hydroxylation sites is 1. The molecule has 0 bridgehead atoms. The zero-order valence-electron chi connectivity index (χ0n) is 16.1. The van der Waals surface area contributed by atoms with E-state index in [1.54, 1.807) is 41.3 Å². The predicted molar refractivity (Wildman–Crippen MR) is 109 cm³/mol. The van der Waals surface area contributed by atoms with Crippen LogP contribution >= 0.6 is 0 Å². The average Bonchev–Trinajstić information content (AvgIpc) is 2.94. The minimum absolute atomic E-state index is 0.144. The molecule has 0 saturated carbocycles. The summed E-state index contributed by atoms with van der Waals surface area (Å²) in [6.45, 7) is 8.75. The van der Waals surface area contributed by atoms with Crippen LogP contribution in [0.2, 0.25) is 0 Å². The zero-order valence-corrected chi connectivity index (χ0v) is 16.1. The molecule has 1 N–H and O–H groups in total. The molecule has 0 saturated heterocycles. The summed E-state index contributed by atoms with van der Waals surface area (Å²) in [7, 11) is 0. The van der Waals surface area contributed by atoms with Gasteiger partial charge in [-0.1, -0.05) is 36.9 Å². The van der Waals surface area contributed by atoms with Crippen LogP contribution in [-0.4, -0.2) is 47.2 Å². The minimum Gasteiger partial charge on any atom is -0.339 e. The number of anilines is 1. The van der Waals surface area contributed by atoms with Crippen LogP contribution in [0.25, 0.3) is 5.70 Å². The molecule has 0 aliphatic carbocycles. The standard InChI is InChI=1S/C22H23N3O3/c1-4-24(5-2)21(27)18-12-8-9-13-19(18)23-20(26)14-25-15(3)16-10-6-7-11-17(16)22(25)28/h6-13H,3-5,14H2,1-2H3,(H,23,26). The van der Waals surface area contributed by atoms with E-state index in [1.165, 1.54) is 4.90 Å². The van der Waals surface area contributed by atoms with Crippen molar-refractivity contribution in [3.05, 3.63) is 71.8 Å². The summed E-state index contributed by atoms with van der Waals surface area (Å²) >= 11 is 0. The summed E-state index contributed by atoms with van der Waals surface area (Å²) in [6.07, 6.45) is 0. The smallest absolute Gasteiger partial charge is 0.259 e. The molecule has 0 unspecified atom stereocenters. The van der Waals surface area contributed by atoms with E-state index in [2.05, 4.69) is 11.9 Å². The highest BCUT2D eigenvalue weighted by Gasteiger charge is 2.32. The molecule has 0 aromatic heterocycles. The number of carbonyl (C=O) groups is 3. The van der Waals surface area contributed by atoms with Crippen molar-refractivity contribution in [3.63, 3.8) is 0 Å². The van der Waals surface area contributed by atoms with Crippen molar-refractivity contribution in [2.45, 2.75) is 13.8 Å². The van der Waals surface area contributed by atoms with E-state index < -0.39 is 0 Å². The second-order valence-corrected chi connectivity index (χ2v) is 6.45. The Kier molecular flexibility index (Phi) is 5.59. The Morgan fingerprint density at radius 1 is 1.00 bits per heavy atom. The fourth-order valence-electron chi connectivity index (χ4n) is 3.29. The summed E-state index contributed by atoms with van der Waals surface area (Å²) < 4.78 is 0. The van der Waals surface area contributed by atoms with Gasteiger partial charge in [0.05, 0.1) is 11.3 Å². The molecule has 144 valence electrons. The highest BCUT2D eigenvalue weighted by molar-refractivity contribution is 6.11. The Morgan fingerprint density at radius 3 is 2.25 bits per heavy atom. The Labute approximate surface area is 164 Å². The molecular formula is C22H23N3O3. The summed E-state index contributed by atoms with van der Waals surface area (Å²) in [5.74, 6) is -0.777. The molecule has 1 aliphatic heterocycles. The van der Waals surface area contributed by atoms with Crippen LogP contribution in [0.5, 0.6) is 0 Å². The maximum absolute atomic E-state index is 12.7. The molecule has 1 heterocycles. The highest BCUT2D eigenvalue weighted by Crippen LogP contribution is 2.30. The van der Waals surface area contributed by atoms with Crippen molar-refractivity contribution in [1.29, 1.82) is 0 Å². The number of amides is 3. The lowest BCUT2D eigenvalue weighted by atomic mass is 10.1. The fourth-order valence-corrected chi connectivity index (χ4v) is 3.29. The fraction of sp³-hybridized carbons (Fsp3) is 0.227. The largest absolute Gasteiger partial charge is 0.339 e. The van der Waals surface area contributed by atoms with Crippen LogP contribution < -0.4 is 5.32 Å². The van der Waals surface area contributed by atoms with E-state index in [1.807, 2.05) is 26.0 Å². The molecule has 3 amide bonds. The van der Waals surface area contributed by atoms with Crippen molar-refractivity contribution >= 4 is 29.1 Å².